The zero-order valence-corrected chi connectivity index (χ0v) is 21.3. The molecule has 1 aliphatic heterocycles. The lowest BCUT2D eigenvalue weighted by Gasteiger charge is -2.36. The number of nitrogens with one attached hydrogen (secondary N) is 1. The number of nitrogens with two attached hydrogens (primary N) is 1. The molecule has 8 nitrogen and oxygen atoms in total. The lowest BCUT2D eigenvalue weighted by Crippen LogP contribution is -2.50. The van der Waals surface area contributed by atoms with Crippen molar-refractivity contribution in [3.05, 3.63) is 71.2 Å². The van der Waals surface area contributed by atoms with Crippen molar-refractivity contribution < 1.29 is 9.48 Å². The van der Waals surface area contributed by atoms with E-state index in [1.54, 1.807) is 12.3 Å². The number of pyridine rings is 1. The Morgan fingerprint density at radius 3 is 2.69 bits per heavy atom. The van der Waals surface area contributed by atoms with Gasteiger partial charge in [-0.25, -0.2) is 0 Å². The van der Waals surface area contributed by atoms with Gasteiger partial charge in [0.15, 0.2) is 0 Å². The highest BCUT2D eigenvalue weighted by Crippen LogP contribution is 2.27. The first-order valence-corrected chi connectivity index (χ1v) is 12.9. The van der Waals surface area contributed by atoms with Gasteiger partial charge >= 0.3 is 0 Å². The zero-order chi connectivity index (χ0) is 25.2. The molecule has 184 valence electrons. The minimum Gasteiger partial charge on any atom is -0.335 e. The van der Waals surface area contributed by atoms with Crippen LogP contribution in [0.1, 0.15) is 29.1 Å². The number of anilines is 1. The second-order valence-electron chi connectivity index (χ2n) is 9.29. The molecule has 0 unspecified atom stereocenters. The summed E-state index contributed by atoms with van der Waals surface area (Å²) >= 11 is 1.43. The molecular weight excluding hydrogens is 470 g/mol. The number of benzene rings is 1. The van der Waals surface area contributed by atoms with Gasteiger partial charge in [0.2, 0.25) is 5.82 Å². The van der Waals surface area contributed by atoms with Crippen LogP contribution in [-0.4, -0.2) is 63.8 Å². The fourth-order valence-electron chi connectivity index (χ4n) is 4.47. The van der Waals surface area contributed by atoms with Crippen LogP contribution in [0.2, 0.25) is 0 Å². The van der Waals surface area contributed by atoms with Crippen molar-refractivity contribution in [2.24, 2.45) is 0 Å². The summed E-state index contributed by atoms with van der Waals surface area (Å²) in [6, 6.07) is 17.8. The topological polar surface area (TPSA) is 103 Å². The average molecular weight is 501 g/mol. The summed E-state index contributed by atoms with van der Waals surface area (Å²) in [5, 5.41) is 14.4. The van der Waals surface area contributed by atoms with E-state index in [0.29, 0.717) is 28.9 Å². The number of carbonyl (C=O) groups excluding carboxylic acids is 1. The van der Waals surface area contributed by atoms with E-state index in [1.165, 1.54) is 16.0 Å². The summed E-state index contributed by atoms with van der Waals surface area (Å²) < 4.78 is 1.47. The predicted molar refractivity (Wildman–Crippen MR) is 143 cm³/mol. The van der Waals surface area contributed by atoms with Crippen LogP contribution in [0.4, 0.5) is 5.82 Å². The van der Waals surface area contributed by atoms with E-state index in [4.69, 9.17) is 11.1 Å². The van der Waals surface area contributed by atoms with E-state index in [1.807, 2.05) is 53.4 Å². The minimum absolute atomic E-state index is 0.0662. The van der Waals surface area contributed by atoms with Crippen molar-refractivity contribution in [3.8, 4) is 10.6 Å². The summed E-state index contributed by atoms with van der Waals surface area (Å²) in [7, 11) is 0. The van der Waals surface area contributed by atoms with Crippen molar-refractivity contribution in [1.29, 1.82) is 5.41 Å². The Morgan fingerprint density at radius 2 is 1.92 bits per heavy atom. The molecule has 4 heterocycles. The smallest absolute Gasteiger partial charge is 0.264 e. The number of rotatable bonds is 5. The second kappa shape index (κ2) is 10.1. The molecule has 1 fully saturated rings. The largest absolute Gasteiger partial charge is 0.335 e. The first-order valence-electron chi connectivity index (χ1n) is 12.1. The molecule has 0 saturated carbocycles. The van der Waals surface area contributed by atoms with E-state index in [9.17, 15) is 4.79 Å². The number of fused-ring (bicyclic) bond motifs is 1. The molecule has 36 heavy (non-hydrogen) atoms. The van der Waals surface area contributed by atoms with Gasteiger partial charge in [-0.3, -0.25) is 14.7 Å². The summed E-state index contributed by atoms with van der Waals surface area (Å²) in [4.78, 5) is 23.3. The second-order valence-corrected chi connectivity index (χ2v) is 10.4. The Morgan fingerprint density at radius 1 is 1.11 bits per heavy atom. The number of aromatic nitrogens is 3. The van der Waals surface area contributed by atoms with Gasteiger partial charge in [-0.1, -0.05) is 12.1 Å². The van der Waals surface area contributed by atoms with Crippen LogP contribution in [0.3, 0.4) is 0 Å². The maximum absolute atomic E-state index is 13.1. The normalized spacial score (nSPS) is 14.5. The third-order valence-corrected chi connectivity index (χ3v) is 7.66. The van der Waals surface area contributed by atoms with Crippen molar-refractivity contribution in [3.63, 3.8) is 0 Å². The molecule has 3 aromatic heterocycles. The summed E-state index contributed by atoms with van der Waals surface area (Å²) in [5.74, 6) is 0.729. The third-order valence-electron chi connectivity index (χ3n) is 6.56. The molecule has 1 amide bonds. The fraction of sp³-hybridized carbons (Fsp3) is 0.296. The predicted octanol–water partition coefficient (Wildman–Crippen LogP) is 3.46. The van der Waals surface area contributed by atoms with Crippen molar-refractivity contribution in [2.75, 3.05) is 31.9 Å². The van der Waals surface area contributed by atoms with Crippen LogP contribution in [0.5, 0.6) is 0 Å². The number of carbonyl (C=O) groups is 1. The maximum atomic E-state index is 13.1. The molecule has 1 saturated heterocycles. The van der Waals surface area contributed by atoms with Gasteiger partial charge in [-0.15, -0.1) is 21.1 Å². The molecule has 0 radical (unpaired) electrons. The van der Waals surface area contributed by atoms with Gasteiger partial charge in [-0.2, -0.15) is 5.41 Å². The molecule has 0 atom stereocenters. The van der Waals surface area contributed by atoms with E-state index in [2.05, 4.69) is 28.8 Å². The zero-order valence-electron chi connectivity index (χ0n) is 20.5. The molecule has 9 heteroatoms. The monoisotopic (exact) mass is 500 g/mol. The average Bonchev–Trinajstić information content (AvgIpc) is 3.39. The van der Waals surface area contributed by atoms with E-state index < -0.39 is 0 Å². The highest BCUT2D eigenvalue weighted by Gasteiger charge is 2.25. The van der Waals surface area contributed by atoms with Gasteiger partial charge < -0.3 is 10.6 Å². The SMILES string of the molecule is CC(C)N1CCN(C(=O)c2ccc(-c3ccc(N)[n+](C(=N)Cc4ccc5ncccc5c4)n3)s2)CC1. The van der Waals surface area contributed by atoms with Crippen molar-refractivity contribution in [1.82, 2.24) is 19.9 Å². The summed E-state index contributed by atoms with van der Waals surface area (Å²) in [5.41, 5.74) is 8.78. The molecule has 1 aromatic carbocycles. The number of piperazine rings is 1. The van der Waals surface area contributed by atoms with Crippen LogP contribution in [0.15, 0.2) is 60.8 Å². The Kier molecular flexibility index (Phi) is 6.75. The molecule has 4 aromatic rings. The number of nitrogen functional groups attached to an aromatic ring is 1. The van der Waals surface area contributed by atoms with Crippen molar-refractivity contribution in [2.45, 2.75) is 26.3 Å². The molecule has 0 spiro atoms. The maximum Gasteiger partial charge on any atom is 0.264 e. The van der Waals surface area contributed by atoms with Crippen LogP contribution in [0.25, 0.3) is 21.5 Å². The lowest BCUT2D eigenvalue weighted by atomic mass is 10.1. The Hall–Kier alpha value is -3.69. The Labute approximate surface area is 214 Å². The summed E-state index contributed by atoms with van der Waals surface area (Å²) in [6.07, 6.45) is 2.15. The third kappa shape index (κ3) is 4.98. The van der Waals surface area contributed by atoms with Crippen LogP contribution in [-0.2, 0) is 6.42 Å². The molecule has 3 N–H and O–H groups in total. The van der Waals surface area contributed by atoms with Crippen LogP contribution in [0, 0.1) is 5.41 Å². The number of hydrogen-bond acceptors (Lipinski definition) is 7. The highest BCUT2D eigenvalue weighted by atomic mass is 32.1. The minimum atomic E-state index is 0.0662. The number of thiophene rings is 1. The van der Waals surface area contributed by atoms with E-state index >= 15 is 0 Å². The number of amides is 1. The molecule has 5 rings (SSSR count). The molecular formula is C27H30N7OS+. The Bertz CT molecular complexity index is 1420. The first kappa shape index (κ1) is 24.0. The van der Waals surface area contributed by atoms with Gasteiger partial charge in [0.25, 0.3) is 11.7 Å². The summed E-state index contributed by atoms with van der Waals surface area (Å²) in [6.45, 7) is 7.66. The van der Waals surface area contributed by atoms with Crippen LogP contribution < -0.4 is 10.4 Å². The van der Waals surface area contributed by atoms with Crippen LogP contribution >= 0.6 is 11.3 Å². The Balaban J connectivity index is 1.31. The van der Waals surface area contributed by atoms with Gasteiger partial charge in [0.1, 0.15) is 5.69 Å². The number of hydrogen-bond donors (Lipinski definition) is 2. The molecule has 1 aliphatic rings. The lowest BCUT2D eigenvalue weighted by molar-refractivity contribution is -0.608. The highest BCUT2D eigenvalue weighted by molar-refractivity contribution is 7.17. The van der Waals surface area contributed by atoms with Crippen molar-refractivity contribution >= 4 is 39.8 Å². The molecule has 0 aliphatic carbocycles. The van der Waals surface area contributed by atoms with Gasteiger partial charge in [0.05, 0.1) is 21.7 Å². The molecule has 0 bridgehead atoms. The number of nitrogens with zero attached hydrogens (tertiary/aromatic N) is 5. The fourth-order valence-corrected chi connectivity index (χ4v) is 5.41. The van der Waals surface area contributed by atoms with Gasteiger partial charge in [0, 0.05) is 49.9 Å². The standard InChI is InChI=1S/C27H29N7OS/c1-18(2)32-12-14-33(15-13-32)27(35)24-9-8-23(36-24)22-7-10-25(28)34(31-22)26(29)17-19-5-6-21-20(16-19)4-3-11-30-21/h3-11,16,18,28-29H,12-15,17H2,1-2H3/p+1. The van der Waals surface area contributed by atoms with E-state index in [0.717, 1.165) is 47.5 Å². The first-order chi connectivity index (χ1) is 17.4. The van der Waals surface area contributed by atoms with Gasteiger partial charge in [-0.05, 0) is 55.8 Å². The quantitative estimate of drug-likeness (QED) is 0.248. The van der Waals surface area contributed by atoms with E-state index in [-0.39, 0.29) is 11.7 Å².